The van der Waals surface area contributed by atoms with E-state index in [0.29, 0.717) is 0 Å². The molecule has 0 bridgehead atoms. The average Bonchev–Trinajstić information content (AvgIpc) is 2.65. The molecule has 0 unspecified atom stereocenters. The van der Waals surface area contributed by atoms with Crippen molar-refractivity contribution in [2.75, 3.05) is 5.84 Å². The van der Waals surface area contributed by atoms with Crippen LogP contribution in [0.4, 0.5) is 0 Å². The van der Waals surface area contributed by atoms with Gasteiger partial charge in [0, 0.05) is 22.8 Å². The van der Waals surface area contributed by atoms with Gasteiger partial charge >= 0.3 is 0 Å². The number of nitrogens with zero attached hydrogens (tertiary/aromatic N) is 2. The number of aromatic nitrogens is 2. The second-order valence-corrected chi connectivity index (χ2v) is 3.57. The molecule has 3 heteroatoms. The third-order valence-electron chi connectivity index (χ3n) is 2.65. The topological polar surface area (TPSA) is 35.4 Å². The van der Waals surface area contributed by atoms with E-state index in [4.69, 9.17) is 5.84 Å². The van der Waals surface area contributed by atoms with E-state index < -0.39 is 0 Å². The number of nitrogens with two attached hydrogens (primary N) is 1. The van der Waals surface area contributed by atoms with Crippen LogP contribution in [0.2, 0.25) is 0 Å². The van der Waals surface area contributed by atoms with Crippen molar-refractivity contribution in [3.05, 3.63) is 42.2 Å². The fourth-order valence-electron chi connectivity index (χ4n) is 1.95. The first-order valence-corrected chi connectivity index (χ1v) is 4.60. The van der Waals surface area contributed by atoms with Gasteiger partial charge in [-0.05, 0) is 31.2 Å². The highest BCUT2D eigenvalue weighted by atomic mass is 15.3. The van der Waals surface area contributed by atoms with E-state index in [-0.39, 0.29) is 0 Å². The summed E-state index contributed by atoms with van der Waals surface area (Å²) in [6, 6.07) is 10.4. The van der Waals surface area contributed by atoms with E-state index in [9.17, 15) is 0 Å². The Morgan fingerprint density at radius 3 is 2.93 bits per heavy atom. The zero-order chi connectivity index (χ0) is 9.71. The first-order chi connectivity index (χ1) is 6.77. The van der Waals surface area contributed by atoms with E-state index in [0.717, 1.165) is 11.3 Å². The first kappa shape index (κ1) is 7.50. The second kappa shape index (κ2) is 2.32. The maximum Gasteiger partial charge on any atom is 0.143 e. The predicted octanol–water partition coefficient (Wildman–Crippen LogP) is 1.92. The van der Waals surface area contributed by atoms with Gasteiger partial charge in [0.15, 0.2) is 0 Å². The monoisotopic (exact) mass is 185 g/mol. The van der Waals surface area contributed by atoms with Crippen molar-refractivity contribution in [3.8, 4) is 0 Å². The van der Waals surface area contributed by atoms with Crippen molar-refractivity contribution in [1.82, 2.24) is 9.08 Å². The summed E-state index contributed by atoms with van der Waals surface area (Å²) in [5, 5.41) is 1.19. The fraction of sp³-hybridized carbons (Fsp3) is 0.0909. The van der Waals surface area contributed by atoms with Crippen molar-refractivity contribution in [2.24, 2.45) is 0 Å². The molecule has 0 spiro atoms. The van der Waals surface area contributed by atoms with E-state index in [1.54, 1.807) is 4.68 Å². The molecule has 2 N–H and O–H groups in total. The molecule has 0 atom stereocenters. The maximum absolute atomic E-state index is 5.94. The lowest BCUT2D eigenvalue weighted by Gasteiger charge is -2.00. The SMILES string of the molecule is Cc1cc2cc3ccccn3c2n1N. The van der Waals surface area contributed by atoms with Crippen molar-refractivity contribution < 1.29 is 0 Å². The maximum atomic E-state index is 5.94. The van der Waals surface area contributed by atoms with Gasteiger partial charge in [-0.25, -0.2) is 0 Å². The summed E-state index contributed by atoms with van der Waals surface area (Å²) in [6.45, 7) is 2.01. The number of pyridine rings is 1. The van der Waals surface area contributed by atoms with Crippen LogP contribution in [0, 0.1) is 6.92 Å². The molecule has 3 heterocycles. The molecule has 0 aliphatic carbocycles. The average molecular weight is 185 g/mol. The number of aryl methyl sites for hydroxylation is 1. The lowest BCUT2D eigenvalue weighted by Crippen LogP contribution is -2.10. The van der Waals surface area contributed by atoms with Crippen LogP contribution in [-0.4, -0.2) is 9.08 Å². The van der Waals surface area contributed by atoms with Crippen LogP contribution in [0.1, 0.15) is 5.69 Å². The van der Waals surface area contributed by atoms with Crippen molar-refractivity contribution in [3.63, 3.8) is 0 Å². The zero-order valence-electron chi connectivity index (χ0n) is 7.94. The standard InChI is InChI=1S/C11H11N3/c1-8-6-9-7-10-4-2-3-5-13(10)11(9)14(8)12/h2-7H,12H2,1H3. The molecule has 70 valence electrons. The predicted molar refractivity (Wildman–Crippen MR) is 57.8 cm³/mol. The van der Waals surface area contributed by atoms with Gasteiger partial charge in [-0.2, -0.15) is 0 Å². The molecule has 14 heavy (non-hydrogen) atoms. The van der Waals surface area contributed by atoms with Crippen LogP contribution >= 0.6 is 0 Å². The smallest absolute Gasteiger partial charge is 0.143 e. The summed E-state index contributed by atoms with van der Waals surface area (Å²) in [5.41, 5.74) is 3.31. The second-order valence-electron chi connectivity index (χ2n) is 3.57. The molecule has 0 saturated carbocycles. The Balaban J connectivity index is 2.62. The van der Waals surface area contributed by atoms with E-state index in [1.807, 2.05) is 25.3 Å². The first-order valence-electron chi connectivity index (χ1n) is 4.60. The quantitative estimate of drug-likeness (QED) is 0.533. The minimum absolute atomic E-state index is 1.05. The highest BCUT2D eigenvalue weighted by Gasteiger charge is 2.07. The van der Waals surface area contributed by atoms with Crippen molar-refractivity contribution in [1.29, 1.82) is 0 Å². The largest absolute Gasteiger partial charge is 0.338 e. The Morgan fingerprint density at radius 1 is 1.21 bits per heavy atom. The normalized spacial score (nSPS) is 11.5. The van der Waals surface area contributed by atoms with E-state index in [2.05, 4.69) is 22.6 Å². The van der Waals surface area contributed by atoms with E-state index in [1.165, 1.54) is 10.9 Å². The minimum atomic E-state index is 1.05. The molecule has 3 rings (SSSR count). The Hall–Kier alpha value is -1.90. The fourth-order valence-corrected chi connectivity index (χ4v) is 1.95. The van der Waals surface area contributed by atoms with Crippen molar-refractivity contribution >= 4 is 16.6 Å². The van der Waals surface area contributed by atoms with Gasteiger partial charge in [0.25, 0.3) is 0 Å². The minimum Gasteiger partial charge on any atom is -0.338 e. The molecule has 0 aliphatic heterocycles. The van der Waals surface area contributed by atoms with Gasteiger partial charge < -0.3 is 10.2 Å². The number of rotatable bonds is 0. The summed E-state index contributed by atoms with van der Waals surface area (Å²) < 4.78 is 3.82. The van der Waals surface area contributed by atoms with Crippen LogP contribution < -0.4 is 5.84 Å². The molecule has 0 fully saturated rings. The highest BCUT2D eigenvalue weighted by molar-refractivity contribution is 5.86. The van der Waals surface area contributed by atoms with Gasteiger partial charge in [-0.15, -0.1) is 0 Å². The Bertz CT molecular complexity index is 616. The molecule has 0 aliphatic rings. The summed E-state index contributed by atoms with van der Waals surface area (Å²) in [7, 11) is 0. The number of hydrogen-bond donors (Lipinski definition) is 1. The van der Waals surface area contributed by atoms with Gasteiger partial charge in [-0.3, -0.25) is 4.68 Å². The molecular formula is C11H11N3. The number of hydrogen-bond acceptors (Lipinski definition) is 1. The third-order valence-corrected chi connectivity index (χ3v) is 2.65. The number of nitrogen functional groups attached to an aromatic ring is 1. The Kier molecular flexibility index (Phi) is 1.24. The van der Waals surface area contributed by atoms with E-state index >= 15 is 0 Å². The van der Waals surface area contributed by atoms with Gasteiger partial charge in [-0.1, -0.05) is 6.07 Å². The lowest BCUT2D eigenvalue weighted by atomic mass is 10.3. The molecule has 0 amide bonds. The highest BCUT2D eigenvalue weighted by Crippen LogP contribution is 2.21. The summed E-state index contributed by atoms with van der Waals surface area (Å²) in [5.74, 6) is 5.94. The van der Waals surface area contributed by atoms with Gasteiger partial charge in [0.1, 0.15) is 5.65 Å². The van der Waals surface area contributed by atoms with Crippen LogP contribution in [0.5, 0.6) is 0 Å². The van der Waals surface area contributed by atoms with Gasteiger partial charge in [0.05, 0.1) is 0 Å². The Labute approximate surface area is 81.3 Å². The summed E-state index contributed by atoms with van der Waals surface area (Å²) in [4.78, 5) is 0. The lowest BCUT2D eigenvalue weighted by molar-refractivity contribution is 0.965. The molecule has 0 aromatic carbocycles. The van der Waals surface area contributed by atoms with Crippen molar-refractivity contribution in [2.45, 2.75) is 6.92 Å². The third kappa shape index (κ3) is 0.763. The molecule has 3 aromatic rings. The summed E-state index contributed by atoms with van der Waals surface area (Å²) >= 11 is 0. The van der Waals surface area contributed by atoms with Crippen LogP contribution in [-0.2, 0) is 0 Å². The molecular weight excluding hydrogens is 174 g/mol. The number of fused-ring (bicyclic) bond motifs is 3. The molecule has 0 saturated heterocycles. The molecule has 3 nitrogen and oxygen atoms in total. The van der Waals surface area contributed by atoms with Crippen LogP contribution in [0.25, 0.3) is 16.6 Å². The van der Waals surface area contributed by atoms with Crippen LogP contribution in [0.15, 0.2) is 36.5 Å². The summed E-state index contributed by atoms with van der Waals surface area (Å²) in [6.07, 6.45) is 2.03. The van der Waals surface area contributed by atoms with Crippen LogP contribution in [0.3, 0.4) is 0 Å². The molecule has 3 aromatic heterocycles. The molecule has 0 radical (unpaired) electrons. The van der Waals surface area contributed by atoms with Gasteiger partial charge in [0.2, 0.25) is 0 Å². The Morgan fingerprint density at radius 2 is 2.07 bits per heavy atom. The zero-order valence-corrected chi connectivity index (χ0v) is 7.94.